The summed E-state index contributed by atoms with van der Waals surface area (Å²) in [6.45, 7) is 0. The largest absolute Gasteiger partial charge is 0.345 e. The van der Waals surface area contributed by atoms with Crippen molar-refractivity contribution < 1.29 is 19.6 Å². The van der Waals surface area contributed by atoms with Crippen molar-refractivity contribution >= 4 is 38.8 Å². The van der Waals surface area contributed by atoms with Crippen LogP contribution in [0.15, 0.2) is 24.4 Å². The lowest BCUT2D eigenvalue weighted by Gasteiger charge is -2.03. The van der Waals surface area contributed by atoms with E-state index in [9.17, 15) is 35.1 Å². The van der Waals surface area contributed by atoms with Crippen LogP contribution in [0, 0.1) is 30.3 Å². The Morgan fingerprint density at radius 2 is 1.83 bits per heavy atom. The molecule has 0 atom stereocenters. The van der Waals surface area contributed by atoms with Crippen LogP contribution >= 0.6 is 11.3 Å². The van der Waals surface area contributed by atoms with Gasteiger partial charge in [0.2, 0.25) is 5.91 Å². The molecular weight excluding hydrogens is 346 g/mol. The number of carbonyl (C=O) groups is 1. The molecule has 0 unspecified atom stereocenters. The van der Waals surface area contributed by atoms with Crippen LogP contribution in [0.2, 0.25) is 0 Å². The molecule has 0 saturated carbocycles. The number of hydrogen-bond donors (Lipinski definition) is 1. The highest BCUT2D eigenvalue weighted by Crippen LogP contribution is 2.27. The Kier molecular flexibility index (Phi) is 4.74. The minimum Gasteiger partial charge on any atom is -0.301 e. The highest BCUT2D eigenvalue weighted by Gasteiger charge is 2.22. The van der Waals surface area contributed by atoms with Crippen molar-refractivity contribution in [2.45, 2.75) is 6.42 Å². The Hall–Kier alpha value is -3.48. The number of anilines is 1. The number of amides is 1. The van der Waals surface area contributed by atoms with Gasteiger partial charge in [-0.1, -0.05) is 0 Å². The van der Waals surface area contributed by atoms with Gasteiger partial charge in [0, 0.05) is 11.6 Å². The number of thiazole rings is 1. The highest BCUT2D eigenvalue weighted by molar-refractivity contribution is 7.18. The number of non-ortho nitro benzene ring substituents is 1. The maximum absolute atomic E-state index is 11.9. The Morgan fingerprint density at radius 1 is 1.12 bits per heavy atom. The van der Waals surface area contributed by atoms with Gasteiger partial charge < -0.3 is 5.32 Å². The minimum atomic E-state index is -0.830. The summed E-state index contributed by atoms with van der Waals surface area (Å²) in [6.07, 6.45) is 0.524. The average Bonchev–Trinajstić information content (AvgIpc) is 2.95. The molecule has 1 amide bonds. The van der Waals surface area contributed by atoms with Crippen LogP contribution in [0.25, 0.3) is 0 Å². The van der Waals surface area contributed by atoms with Crippen molar-refractivity contribution in [1.29, 1.82) is 0 Å². The Morgan fingerprint density at radius 3 is 2.38 bits per heavy atom. The zero-order valence-corrected chi connectivity index (χ0v) is 12.4. The fourth-order valence-electron chi connectivity index (χ4n) is 1.73. The maximum atomic E-state index is 11.9. The third-order valence-corrected chi connectivity index (χ3v) is 3.61. The average molecular weight is 353 g/mol. The van der Waals surface area contributed by atoms with Crippen LogP contribution in [0.3, 0.4) is 0 Å². The highest BCUT2D eigenvalue weighted by atomic mass is 32.1. The molecule has 24 heavy (non-hydrogen) atoms. The van der Waals surface area contributed by atoms with Gasteiger partial charge in [0.05, 0.1) is 27.3 Å². The number of benzene rings is 1. The smallest absolute Gasteiger partial charge is 0.301 e. The molecule has 2 aromatic rings. The van der Waals surface area contributed by atoms with Crippen LogP contribution in [-0.2, 0) is 11.2 Å². The number of nitrogens with one attached hydrogen (secondary N) is 1. The summed E-state index contributed by atoms with van der Waals surface area (Å²) in [4.78, 5) is 45.4. The van der Waals surface area contributed by atoms with Gasteiger partial charge in [0.1, 0.15) is 6.20 Å². The molecule has 0 saturated heterocycles. The van der Waals surface area contributed by atoms with Gasteiger partial charge in [-0.05, 0) is 17.4 Å². The number of hydrogen-bond acceptors (Lipinski definition) is 9. The van der Waals surface area contributed by atoms with Crippen molar-refractivity contribution in [3.8, 4) is 0 Å². The first-order chi connectivity index (χ1) is 11.3. The Balaban J connectivity index is 2.17. The summed E-state index contributed by atoms with van der Waals surface area (Å²) in [6, 6.07) is 2.92. The number of rotatable bonds is 6. The molecule has 1 heterocycles. The molecule has 0 aliphatic rings. The third kappa shape index (κ3) is 3.83. The van der Waals surface area contributed by atoms with E-state index in [-0.39, 0.29) is 15.7 Å². The summed E-state index contributed by atoms with van der Waals surface area (Å²) in [5.41, 5.74) is -1.07. The SMILES string of the molecule is O=C(Cc1ccc([N+](=O)[O-])cc1[N+](=O)[O-])Nc1ncc([N+](=O)[O-])s1. The van der Waals surface area contributed by atoms with Gasteiger partial charge in [0.15, 0.2) is 5.13 Å². The van der Waals surface area contributed by atoms with Crippen molar-refractivity contribution in [2.24, 2.45) is 0 Å². The van der Waals surface area contributed by atoms with E-state index in [1.165, 1.54) is 0 Å². The zero-order valence-electron chi connectivity index (χ0n) is 11.6. The molecule has 0 bridgehead atoms. The molecule has 124 valence electrons. The van der Waals surface area contributed by atoms with E-state index in [4.69, 9.17) is 0 Å². The first-order valence-electron chi connectivity index (χ1n) is 6.09. The normalized spacial score (nSPS) is 10.2. The lowest BCUT2D eigenvalue weighted by molar-refractivity contribution is -0.394. The van der Waals surface area contributed by atoms with Gasteiger partial charge >= 0.3 is 5.00 Å². The van der Waals surface area contributed by atoms with Gasteiger partial charge in [-0.15, -0.1) is 0 Å². The van der Waals surface area contributed by atoms with Crippen molar-refractivity contribution in [3.05, 3.63) is 60.3 Å². The van der Waals surface area contributed by atoms with Gasteiger partial charge in [-0.2, -0.15) is 0 Å². The Labute approximate surface area is 136 Å². The molecule has 1 aromatic heterocycles. The standard InChI is InChI=1S/C11H7N5O7S/c17-9(13-11-12-5-10(24-11)16(22)23)3-6-1-2-7(14(18)19)4-8(6)15(20)21/h1-2,4-5H,3H2,(H,12,13,17). The summed E-state index contributed by atoms with van der Waals surface area (Å²) in [5.74, 6) is -0.698. The lowest BCUT2D eigenvalue weighted by atomic mass is 10.1. The van der Waals surface area contributed by atoms with E-state index >= 15 is 0 Å². The number of carbonyl (C=O) groups excluding carboxylic acids is 1. The molecule has 0 spiro atoms. The predicted molar refractivity (Wildman–Crippen MR) is 80.9 cm³/mol. The second kappa shape index (κ2) is 6.74. The number of aromatic nitrogens is 1. The Bertz CT molecular complexity index is 849. The number of nitro benzene ring substituents is 2. The zero-order chi connectivity index (χ0) is 17.9. The van der Waals surface area contributed by atoms with Crippen LogP contribution in [0.1, 0.15) is 5.56 Å². The van der Waals surface area contributed by atoms with E-state index in [1.54, 1.807) is 0 Å². The summed E-state index contributed by atoms with van der Waals surface area (Å²) in [7, 11) is 0. The lowest BCUT2D eigenvalue weighted by Crippen LogP contribution is -2.15. The fourth-order valence-corrected chi connectivity index (χ4v) is 2.38. The molecule has 0 aliphatic carbocycles. The number of nitro groups is 3. The maximum Gasteiger partial charge on any atom is 0.345 e. The van der Waals surface area contributed by atoms with E-state index in [1.807, 2.05) is 0 Å². The van der Waals surface area contributed by atoms with Crippen molar-refractivity contribution in [1.82, 2.24) is 4.98 Å². The van der Waals surface area contributed by atoms with Gasteiger partial charge in [-0.3, -0.25) is 35.1 Å². The van der Waals surface area contributed by atoms with Gasteiger partial charge in [-0.25, -0.2) is 4.98 Å². The molecule has 0 fully saturated rings. The third-order valence-electron chi connectivity index (χ3n) is 2.75. The predicted octanol–water partition coefficient (Wildman–Crippen LogP) is 2.05. The first-order valence-corrected chi connectivity index (χ1v) is 6.91. The quantitative estimate of drug-likeness (QED) is 0.606. The van der Waals surface area contributed by atoms with Crippen molar-refractivity contribution in [2.75, 3.05) is 5.32 Å². The van der Waals surface area contributed by atoms with Crippen LogP contribution < -0.4 is 5.32 Å². The van der Waals surface area contributed by atoms with E-state index in [0.717, 1.165) is 24.4 Å². The van der Waals surface area contributed by atoms with Crippen LogP contribution in [0.5, 0.6) is 0 Å². The van der Waals surface area contributed by atoms with Gasteiger partial charge in [0.25, 0.3) is 11.4 Å². The first kappa shape index (κ1) is 16.9. The molecule has 0 aliphatic heterocycles. The summed E-state index contributed by atoms with van der Waals surface area (Å²) < 4.78 is 0. The van der Waals surface area contributed by atoms with Crippen LogP contribution in [-0.4, -0.2) is 25.7 Å². The molecule has 12 nitrogen and oxygen atoms in total. The van der Waals surface area contributed by atoms with Crippen LogP contribution in [0.4, 0.5) is 21.5 Å². The summed E-state index contributed by atoms with van der Waals surface area (Å²) in [5, 5.41) is 34.1. The molecule has 0 radical (unpaired) electrons. The molecular formula is C11H7N5O7S. The van der Waals surface area contributed by atoms with Crippen molar-refractivity contribution in [3.63, 3.8) is 0 Å². The topological polar surface area (TPSA) is 171 Å². The molecule has 1 N–H and O–H groups in total. The number of nitrogens with zero attached hydrogens (tertiary/aromatic N) is 4. The molecule has 2 rings (SSSR count). The monoisotopic (exact) mass is 353 g/mol. The second-order valence-electron chi connectivity index (χ2n) is 4.31. The minimum absolute atomic E-state index is 0.0312. The molecule has 1 aromatic carbocycles. The summed E-state index contributed by atoms with van der Waals surface area (Å²) >= 11 is 0.631. The van der Waals surface area contributed by atoms with E-state index in [2.05, 4.69) is 10.3 Å². The van der Waals surface area contributed by atoms with E-state index in [0.29, 0.717) is 11.3 Å². The van der Waals surface area contributed by atoms with E-state index < -0.39 is 38.5 Å². The second-order valence-corrected chi connectivity index (χ2v) is 5.32. The molecule has 13 heteroatoms. The fraction of sp³-hybridized carbons (Fsp3) is 0.0909.